The minimum absolute atomic E-state index is 0.123. The van der Waals surface area contributed by atoms with E-state index in [-0.39, 0.29) is 16.5 Å². The first-order valence-corrected chi connectivity index (χ1v) is 11.9. The number of carbonyl (C=O) groups excluding carboxylic acids is 1. The third-order valence-electron chi connectivity index (χ3n) is 5.87. The molecule has 0 saturated carbocycles. The van der Waals surface area contributed by atoms with E-state index in [2.05, 4.69) is 38.6 Å². The zero-order valence-corrected chi connectivity index (χ0v) is 20.0. The summed E-state index contributed by atoms with van der Waals surface area (Å²) in [4.78, 5) is 25.9. The van der Waals surface area contributed by atoms with Gasteiger partial charge in [0.15, 0.2) is 0 Å². The minimum atomic E-state index is -0.514. The number of halogens is 2. The molecule has 1 aromatic heterocycles. The van der Waals surface area contributed by atoms with Gasteiger partial charge < -0.3 is 0 Å². The van der Waals surface area contributed by atoms with E-state index in [1.54, 1.807) is 6.07 Å². The fraction of sp³-hybridized carbons (Fsp3) is 0.476. The molecule has 1 aromatic carbocycles. The van der Waals surface area contributed by atoms with Crippen LogP contribution in [0.15, 0.2) is 24.5 Å². The van der Waals surface area contributed by atoms with Gasteiger partial charge in [-0.1, -0.05) is 0 Å². The molecule has 1 amide bonds. The van der Waals surface area contributed by atoms with E-state index in [1.165, 1.54) is 6.33 Å². The molecular formula is C21H23AsCl2N4O2. The molecule has 2 heterocycles. The maximum atomic E-state index is 13.0. The Hall–Kier alpha value is -1.33. The molecule has 1 saturated heterocycles. The summed E-state index contributed by atoms with van der Waals surface area (Å²) >= 11 is 14.6. The number of nitrogens with zero attached hydrogens (tertiary/aromatic N) is 4. The Bertz CT molecular complexity index is 953. The van der Waals surface area contributed by atoms with E-state index in [0.717, 1.165) is 22.6 Å². The molecular weight excluding hydrogens is 486 g/mol. The molecule has 6 nitrogen and oxygen atoms in total. The fourth-order valence-electron chi connectivity index (χ4n) is 4.28. The van der Waals surface area contributed by atoms with Crippen LogP contribution in [-0.4, -0.2) is 68.9 Å². The molecule has 0 bridgehead atoms. The Balaban J connectivity index is 1.39. The first-order valence-electron chi connectivity index (χ1n) is 10.0. The van der Waals surface area contributed by atoms with E-state index in [4.69, 9.17) is 23.2 Å². The van der Waals surface area contributed by atoms with Gasteiger partial charge >= 0.3 is 196 Å². The van der Waals surface area contributed by atoms with Gasteiger partial charge in [0.1, 0.15) is 0 Å². The quantitative estimate of drug-likeness (QED) is 0.642. The number of hydrogen-bond acceptors (Lipinski definition) is 5. The normalized spacial score (nSPS) is 22.2. The standard InChI is InChI=1S/C21H23AsCl2N4O2/c1-12-8-17(29)19-18(12)20(26-11-25-19)27-4-6-28(7-5-27)21(30)14(22)9-13-2-3-15(23)16(24)10-13/h2-3,10-12,14,17,29H,4-9H2,1H3/t12-,14-,17+/m1/s1. The topological polar surface area (TPSA) is 69.6 Å². The summed E-state index contributed by atoms with van der Waals surface area (Å²) < 4.78 is -0.195. The number of aliphatic hydroxyl groups excluding tert-OH is 1. The van der Waals surface area contributed by atoms with Crippen molar-refractivity contribution in [2.75, 3.05) is 31.1 Å². The molecule has 0 unspecified atom stereocenters. The number of aliphatic hydroxyl groups is 1. The second-order valence-electron chi connectivity index (χ2n) is 7.93. The van der Waals surface area contributed by atoms with E-state index in [0.29, 0.717) is 49.1 Å². The number of aromatic nitrogens is 2. The molecule has 1 aliphatic heterocycles. The summed E-state index contributed by atoms with van der Waals surface area (Å²) in [6.45, 7) is 4.81. The predicted molar refractivity (Wildman–Crippen MR) is 118 cm³/mol. The zero-order valence-electron chi connectivity index (χ0n) is 16.6. The molecule has 0 spiro atoms. The Kier molecular flexibility index (Phi) is 6.59. The second-order valence-corrected chi connectivity index (χ2v) is 10.1. The van der Waals surface area contributed by atoms with E-state index < -0.39 is 6.10 Å². The number of benzene rings is 1. The number of fused-ring (bicyclic) bond motifs is 1. The van der Waals surface area contributed by atoms with Gasteiger partial charge in [-0.05, 0) is 0 Å². The van der Waals surface area contributed by atoms with Gasteiger partial charge in [0, 0.05) is 0 Å². The number of carbonyl (C=O) groups is 1. The Labute approximate surface area is 195 Å². The summed E-state index contributed by atoms with van der Waals surface area (Å²) in [6.07, 6.45) is 2.30. The van der Waals surface area contributed by atoms with Crippen molar-refractivity contribution < 1.29 is 9.90 Å². The van der Waals surface area contributed by atoms with Crippen LogP contribution in [-0.2, 0) is 11.2 Å². The predicted octanol–water partition coefficient (Wildman–Crippen LogP) is 3.17. The molecule has 1 fully saturated rings. The zero-order chi connectivity index (χ0) is 21.4. The van der Waals surface area contributed by atoms with E-state index >= 15 is 0 Å². The van der Waals surface area contributed by atoms with Gasteiger partial charge in [-0.15, -0.1) is 0 Å². The monoisotopic (exact) mass is 508 g/mol. The van der Waals surface area contributed by atoms with Gasteiger partial charge in [-0.25, -0.2) is 0 Å². The van der Waals surface area contributed by atoms with Crippen molar-refractivity contribution >= 4 is 51.8 Å². The van der Waals surface area contributed by atoms with Crippen molar-refractivity contribution in [2.45, 2.75) is 36.5 Å². The van der Waals surface area contributed by atoms with Gasteiger partial charge in [0.25, 0.3) is 0 Å². The van der Waals surface area contributed by atoms with Crippen LogP contribution in [0.2, 0.25) is 14.8 Å². The Morgan fingerprint density at radius 1 is 1.23 bits per heavy atom. The van der Waals surface area contributed by atoms with Crippen LogP contribution in [0.5, 0.6) is 0 Å². The molecule has 2 aromatic rings. The molecule has 4 rings (SSSR count). The van der Waals surface area contributed by atoms with Crippen LogP contribution in [0, 0.1) is 0 Å². The molecule has 9 heteroatoms. The molecule has 30 heavy (non-hydrogen) atoms. The van der Waals surface area contributed by atoms with E-state index in [9.17, 15) is 9.90 Å². The van der Waals surface area contributed by atoms with Crippen molar-refractivity contribution in [1.29, 1.82) is 0 Å². The SMILES string of the molecule is C[C@@H]1C[C@H](O)c2ncnc(N3CCN(C(=O)[C@H]([As])Cc4ccc(Cl)c(Cl)c4)CC3)c21. The fourth-order valence-corrected chi connectivity index (χ4v) is 5.39. The van der Waals surface area contributed by atoms with Crippen LogP contribution in [0.3, 0.4) is 0 Å². The average molecular weight is 509 g/mol. The molecule has 3 atom stereocenters. The van der Waals surface area contributed by atoms with Gasteiger partial charge in [0.2, 0.25) is 0 Å². The van der Waals surface area contributed by atoms with Crippen molar-refractivity contribution in [3.8, 4) is 0 Å². The first-order chi connectivity index (χ1) is 14.3. The number of rotatable bonds is 4. The third-order valence-corrected chi connectivity index (χ3v) is 7.45. The number of amides is 1. The summed E-state index contributed by atoms with van der Waals surface area (Å²) in [7, 11) is 0. The first kappa shape index (κ1) is 21.9. The molecule has 1 aliphatic carbocycles. The molecule has 158 valence electrons. The third kappa shape index (κ3) is 4.33. The van der Waals surface area contributed by atoms with E-state index in [1.807, 2.05) is 17.0 Å². The Morgan fingerprint density at radius 2 is 1.97 bits per heavy atom. The van der Waals surface area contributed by atoms with Crippen LogP contribution in [0.25, 0.3) is 0 Å². The maximum absolute atomic E-state index is 13.0. The van der Waals surface area contributed by atoms with Crippen LogP contribution < -0.4 is 4.90 Å². The number of hydrogen-bond donors (Lipinski definition) is 1. The van der Waals surface area contributed by atoms with Gasteiger partial charge in [0.05, 0.1) is 0 Å². The molecule has 2 aliphatic rings. The number of piperazine rings is 1. The van der Waals surface area contributed by atoms with Crippen LogP contribution >= 0.6 is 23.2 Å². The average Bonchev–Trinajstić information content (AvgIpc) is 3.04. The molecule has 1 N–H and O–H groups in total. The number of anilines is 1. The molecule has 2 radical (unpaired) electrons. The van der Waals surface area contributed by atoms with Crippen molar-refractivity contribution in [2.24, 2.45) is 0 Å². The van der Waals surface area contributed by atoms with Gasteiger partial charge in [-0.3, -0.25) is 0 Å². The summed E-state index contributed by atoms with van der Waals surface area (Å²) in [6, 6.07) is 5.49. The van der Waals surface area contributed by atoms with Crippen LogP contribution in [0.1, 0.15) is 42.2 Å². The summed E-state index contributed by atoms with van der Waals surface area (Å²) in [5, 5.41) is 11.2. The summed E-state index contributed by atoms with van der Waals surface area (Å²) in [5.74, 6) is 1.25. The van der Waals surface area contributed by atoms with Gasteiger partial charge in [-0.2, -0.15) is 0 Å². The van der Waals surface area contributed by atoms with Crippen molar-refractivity contribution in [3.63, 3.8) is 0 Å². The van der Waals surface area contributed by atoms with Crippen molar-refractivity contribution in [1.82, 2.24) is 14.9 Å². The second kappa shape index (κ2) is 9.04. The van der Waals surface area contributed by atoms with Crippen molar-refractivity contribution in [3.05, 3.63) is 51.4 Å². The van der Waals surface area contributed by atoms with Crippen LogP contribution in [0.4, 0.5) is 5.82 Å². The Morgan fingerprint density at radius 3 is 2.67 bits per heavy atom. The summed E-state index contributed by atoms with van der Waals surface area (Å²) in [5.41, 5.74) is 2.79.